The van der Waals surface area contributed by atoms with E-state index >= 15 is 0 Å². The van der Waals surface area contributed by atoms with Crippen molar-refractivity contribution in [1.29, 1.82) is 0 Å². The molecule has 0 saturated heterocycles. The second kappa shape index (κ2) is 11.3. The SMILES string of the molecule is Cc1cc(C)c(C2=N[C@H](C3CCCC3)CO2)cc1Oc1ccc2c3cc(C(C)(C)C)ccc3n(-c3cc(C(C)(C)C)ccn3)c2c1. The van der Waals surface area contributed by atoms with E-state index in [1.54, 1.807) is 0 Å². The van der Waals surface area contributed by atoms with Crippen molar-refractivity contribution in [3.05, 3.63) is 94.7 Å². The number of fused-ring (bicyclic) bond motifs is 3. The van der Waals surface area contributed by atoms with Crippen molar-refractivity contribution in [1.82, 2.24) is 9.55 Å². The molecule has 7 rings (SSSR count). The standard InChI is InChI=1S/C41H47N3O2/c1-25-19-26(2)37(23-32(25)39-43-34(24-45-39)27-11-9-10-12-27)46-30-14-15-31-33-20-28(40(3,4)5)13-16-35(33)44(36(31)22-30)38-21-29(17-18-42-38)41(6,7)8/h13-23,27,34H,9-12,24H2,1-8H3/t34-/m0/s1. The van der Waals surface area contributed by atoms with Crippen LogP contribution in [0.3, 0.4) is 0 Å². The van der Waals surface area contributed by atoms with E-state index in [9.17, 15) is 0 Å². The van der Waals surface area contributed by atoms with Gasteiger partial charge in [-0.2, -0.15) is 0 Å². The number of hydrogen-bond donors (Lipinski definition) is 0. The zero-order chi connectivity index (χ0) is 32.4. The van der Waals surface area contributed by atoms with Crippen molar-refractivity contribution in [2.45, 2.75) is 97.9 Å². The van der Waals surface area contributed by atoms with Crippen LogP contribution < -0.4 is 4.74 Å². The molecule has 0 amide bonds. The van der Waals surface area contributed by atoms with Crippen LogP contribution in [0.4, 0.5) is 0 Å². The fraction of sp³-hybridized carbons (Fsp3) is 0.415. The summed E-state index contributed by atoms with van der Waals surface area (Å²) in [6, 6.07) is 22.2. The Morgan fingerprint density at radius 3 is 2.24 bits per heavy atom. The van der Waals surface area contributed by atoms with Gasteiger partial charge in [0.25, 0.3) is 0 Å². The Morgan fingerprint density at radius 1 is 0.761 bits per heavy atom. The molecule has 2 aromatic heterocycles. The highest BCUT2D eigenvalue weighted by atomic mass is 16.5. The van der Waals surface area contributed by atoms with E-state index < -0.39 is 0 Å². The molecule has 5 aromatic rings. The van der Waals surface area contributed by atoms with E-state index in [0.717, 1.165) is 50.9 Å². The number of benzene rings is 3. The highest BCUT2D eigenvalue weighted by Gasteiger charge is 2.31. The summed E-state index contributed by atoms with van der Waals surface area (Å²) in [5, 5.41) is 2.41. The average Bonchev–Trinajstić information content (AvgIpc) is 3.77. The van der Waals surface area contributed by atoms with Gasteiger partial charge in [0.15, 0.2) is 0 Å². The molecule has 5 nitrogen and oxygen atoms in total. The van der Waals surface area contributed by atoms with Gasteiger partial charge in [-0.25, -0.2) is 9.98 Å². The molecule has 0 spiro atoms. The van der Waals surface area contributed by atoms with Crippen LogP contribution in [0.1, 0.15) is 95.0 Å². The van der Waals surface area contributed by atoms with Crippen LogP contribution in [-0.4, -0.2) is 28.1 Å². The molecule has 238 valence electrons. The summed E-state index contributed by atoms with van der Waals surface area (Å²) < 4.78 is 15.2. The molecule has 0 N–H and O–H groups in total. The molecular weight excluding hydrogens is 566 g/mol. The number of pyridine rings is 1. The third-order valence-electron chi connectivity index (χ3n) is 10.0. The molecule has 3 heterocycles. The minimum absolute atomic E-state index is 0.00918. The first-order valence-corrected chi connectivity index (χ1v) is 16.9. The maximum absolute atomic E-state index is 6.70. The lowest BCUT2D eigenvalue weighted by Crippen LogP contribution is -2.16. The molecule has 3 aromatic carbocycles. The lowest BCUT2D eigenvalue weighted by atomic mass is 9.86. The van der Waals surface area contributed by atoms with Gasteiger partial charge in [-0.1, -0.05) is 66.5 Å². The summed E-state index contributed by atoms with van der Waals surface area (Å²) in [4.78, 5) is 9.96. The van der Waals surface area contributed by atoms with Gasteiger partial charge in [-0.05, 0) is 108 Å². The van der Waals surface area contributed by atoms with E-state index in [2.05, 4.69) is 121 Å². The minimum atomic E-state index is 0.00918. The lowest BCUT2D eigenvalue weighted by Gasteiger charge is -2.20. The molecule has 0 unspecified atom stereocenters. The highest BCUT2D eigenvalue weighted by molar-refractivity contribution is 6.09. The predicted molar refractivity (Wildman–Crippen MR) is 190 cm³/mol. The first-order chi connectivity index (χ1) is 21.9. The number of aryl methyl sites for hydroxylation is 2. The predicted octanol–water partition coefficient (Wildman–Crippen LogP) is 10.5. The molecule has 1 saturated carbocycles. The topological polar surface area (TPSA) is 48.6 Å². The number of hydrogen-bond acceptors (Lipinski definition) is 4. The summed E-state index contributed by atoms with van der Waals surface area (Å²) in [6.07, 6.45) is 7.08. The zero-order valence-electron chi connectivity index (χ0n) is 28.7. The molecule has 5 heteroatoms. The number of aliphatic imine (C=N–C) groups is 1. The Balaban J connectivity index is 1.32. The summed E-state index contributed by atoms with van der Waals surface area (Å²) in [5.41, 5.74) is 8.09. The van der Waals surface area contributed by atoms with Crippen LogP contribution in [-0.2, 0) is 15.6 Å². The molecule has 1 atom stereocenters. The van der Waals surface area contributed by atoms with E-state index in [1.165, 1.54) is 47.6 Å². The zero-order valence-corrected chi connectivity index (χ0v) is 28.7. The van der Waals surface area contributed by atoms with Gasteiger partial charge < -0.3 is 9.47 Å². The normalized spacial score (nSPS) is 17.6. The maximum atomic E-state index is 6.70. The largest absolute Gasteiger partial charge is 0.475 e. The Morgan fingerprint density at radius 2 is 1.50 bits per heavy atom. The molecule has 1 aliphatic heterocycles. The van der Waals surface area contributed by atoms with E-state index in [4.69, 9.17) is 19.5 Å². The van der Waals surface area contributed by atoms with E-state index in [-0.39, 0.29) is 16.9 Å². The third-order valence-corrected chi connectivity index (χ3v) is 10.0. The molecule has 1 fully saturated rings. The van der Waals surface area contributed by atoms with E-state index in [1.807, 2.05) is 6.20 Å². The van der Waals surface area contributed by atoms with Crippen molar-refractivity contribution in [2.24, 2.45) is 10.9 Å². The number of ether oxygens (including phenoxy) is 2. The van der Waals surface area contributed by atoms with Crippen LogP contribution in [0.25, 0.3) is 27.6 Å². The van der Waals surface area contributed by atoms with Gasteiger partial charge in [-0.3, -0.25) is 4.57 Å². The van der Waals surface area contributed by atoms with Crippen LogP contribution in [0, 0.1) is 19.8 Å². The van der Waals surface area contributed by atoms with Crippen LogP contribution in [0.15, 0.2) is 71.9 Å². The van der Waals surface area contributed by atoms with Crippen LogP contribution in [0.5, 0.6) is 11.5 Å². The fourth-order valence-corrected chi connectivity index (χ4v) is 7.20. The molecule has 2 aliphatic rings. The minimum Gasteiger partial charge on any atom is -0.475 e. The Kier molecular flexibility index (Phi) is 7.49. The second-order valence-electron chi connectivity index (χ2n) is 15.5. The monoisotopic (exact) mass is 613 g/mol. The first-order valence-electron chi connectivity index (χ1n) is 16.9. The van der Waals surface area contributed by atoms with Crippen LogP contribution >= 0.6 is 0 Å². The van der Waals surface area contributed by atoms with Crippen molar-refractivity contribution < 1.29 is 9.47 Å². The number of aromatic nitrogens is 2. The maximum Gasteiger partial charge on any atom is 0.216 e. The van der Waals surface area contributed by atoms with Crippen LogP contribution in [0.2, 0.25) is 0 Å². The Bertz CT molecular complexity index is 1980. The van der Waals surface area contributed by atoms with Crippen molar-refractivity contribution >= 4 is 27.7 Å². The molecule has 0 radical (unpaired) electrons. The summed E-state index contributed by atoms with van der Waals surface area (Å²) in [7, 11) is 0. The molecule has 46 heavy (non-hydrogen) atoms. The molecule has 1 aliphatic carbocycles. The molecular formula is C41H47N3O2. The fourth-order valence-electron chi connectivity index (χ4n) is 7.20. The van der Waals surface area contributed by atoms with Crippen molar-refractivity contribution in [2.75, 3.05) is 6.61 Å². The summed E-state index contributed by atoms with van der Waals surface area (Å²) in [5.74, 6) is 3.93. The average molecular weight is 614 g/mol. The second-order valence-corrected chi connectivity index (χ2v) is 15.5. The Hall–Kier alpha value is -4.12. The Labute approximate surface area is 273 Å². The van der Waals surface area contributed by atoms with Gasteiger partial charge in [0.2, 0.25) is 5.90 Å². The number of nitrogens with zero attached hydrogens (tertiary/aromatic N) is 3. The van der Waals surface area contributed by atoms with E-state index in [0.29, 0.717) is 12.5 Å². The quantitative estimate of drug-likeness (QED) is 0.198. The summed E-state index contributed by atoms with van der Waals surface area (Å²) in [6.45, 7) is 18.5. The van der Waals surface area contributed by atoms with Gasteiger partial charge in [0.05, 0.1) is 17.1 Å². The number of rotatable bonds is 5. The van der Waals surface area contributed by atoms with Gasteiger partial charge >= 0.3 is 0 Å². The van der Waals surface area contributed by atoms with Gasteiger partial charge in [-0.15, -0.1) is 0 Å². The van der Waals surface area contributed by atoms with Gasteiger partial charge in [0.1, 0.15) is 23.9 Å². The van der Waals surface area contributed by atoms with Gasteiger partial charge in [0, 0.05) is 28.6 Å². The summed E-state index contributed by atoms with van der Waals surface area (Å²) >= 11 is 0. The highest BCUT2D eigenvalue weighted by Crippen LogP contribution is 2.39. The smallest absolute Gasteiger partial charge is 0.216 e. The first kappa shape index (κ1) is 30.5. The lowest BCUT2D eigenvalue weighted by molar-refractivity contribution is 0.279. The molecule has 0 bridgehead atoms. The van der Waals surface area contributed by atoms with Crippen molar-refractivity contribution in [3.8, 4) is 17.3 Å². The third kappa shape index (κ3) is 5.59. The van der Waals surface area contributed by atoms with Crippen molar-refractivity contribution in [3.63, 3.8) is 0 Å².